The fourth-order valence-corrected chi connectivity index (χ4v) is 3.56. The van der Waals surface area contributed by atoms with Crippen LogP contribution in [-0.4, -0.2) is 52.4 Å². The molecule has 0 bridgehead atoms. The summed E-state index contributed by atoms with van der Waals surface area (Å²) in [4.78, 5) is 17.4. The molecule has 1 aromatic carbocycles. The number of nitrogen functional groups attached to an aromatic ring is 1. The van der Waals surface area contributed by atoms with E-state index in [1.165, 1.54) is 0 Å². The molecule has 1 fully saturated rings. The lowest BCUT2D eigenvalue weighted by Gasteiger charge is -2.29. The van der Waals surface area contributed by atoms with Gasteiger partial charge in [0.15, 0.2) is 0 Å². The summed E-state index contributed by atoms with van der Waals surface area (Å²) in [5.41, 5.74) is 8.11. The van der Waals surface area contributed by atoms with Crippen molar-refractivity contribution in [2.24, 2.45) is 0 Å². The highest BCUT2D eigenvalue weighted by Gasteiger charge is 2.24. The smallest absolute Gasteiger partial charge is 0.226 e. The van der Waals surface area contributed by atoms with Crippen molar-refractivity contribution in [3.05, 3.63) is 36.8 Å². The van der Waals surface area contributed by atoms with Crippen LogP contribution in [0.4, 0.5) is 11.6 Å². The summed E-state index contributed by atoms with van der Waals surface area (Å²) in [6, 6.07) is 5.66. The lowest BCUT2D eigenvalue weighted by atomic mass is 9.93. The van der Waals surface area contributed by atoms with Crippen LogP contribution in [0, 0.1) is 0 Å². The van der Waals surface area contributed by atoms with Crippen LogP contribution < -0.4 is 20.5 Å². The van der Waals surface area contributed by atoms with Crippen molar-refractivity contribution < 1.29 is 14.2 Å². The summed E-state index contributed by atoms with van der Waals surface area (Å²) in [5, 5.41) is 3.40. The van der Waals surface area contributed by atoms with E-state index in [2.05, 4.69) is 25.3 Å². The average Bonchev–Trinajstić information content (AvgIpc) is 2.75. The Morgan fingerprint density at radius 3 is 2.70 bits per heavy atom. The lowest BCUT2D eigenvalue weighted by Crippen LogP contribution is -2.31. The first kappa shape index (κ1) is 20.1. The molecule has 9 heteroatoms. The maximum atomic E-state index is 6.25. The molecule has 3 aromatic rings. The third-order valence-electron chi connectivity index (χ3n) is 5.03. The first-order valence-electron chi connectivity index (χ1n) is 10.1. The van der Waals surface area contributed by atoms with Crippen molar-refractivity contribution in [3.8, 4) is 11.6 Å². The maximum Gasteiger partial charge on any atom is 0.226 e. The number of hydrogen-bond acceptors (Lipinski definition) is 9. The molecule has 9 nitrogen and oxygen atoms in total. The second-order valence-electron chi connectivity index (χ2n) is 7.24. The Hall–Kier alpha value is -3.20. The molecule has 3 N–H and O–H groups in total. The molecule has 0 amide bonds. The molecule has 0 saturated heterocycles. The number of anilines is 2. The highest BCUT2D eigenvalue weighted by molar-refractivity contribution is 5.84. The van der Waals surface area contributed by atoms with Crippen LogP contribution in [0.25, 0.3) is 11.0 Å². The first-order chi connectivity index (χ1) is 14.7. The molecule has 0 aliphatic heterocycles. The Bertz CT molecular complexity index is 978. The van der Waals surface area contributed by atoms with E-state index in [4.69, 9.17) is 19.9 Å². The van der Waals surface area contributed by atoms with Crippen molar-refractivity contribution >= 4 is 22.7 Å². The van der Waals surface area contributed by atoms with Gasteiger partial charge in [0, 0.05) is 49.6 Å². The Kier molecular flexibility index (Phi) is 6.38. The van der Waals surface area contributed by atoms with Gasteiger partial charge >= 0.3 is 0 Å². The van der Waals surface area contributed by atoms with Gasteiger partial charge in [-0.1, -0.05) is 0 Å². The van der Waals surface area contributed by atoms with Crippen molar-refractivity contribution in [2.75, 3.05) is 31.4 Å². The quantitative estimate of drug-likeness (QED) is 0.427. The summed E-state index contributed by atoms with van der Waals surface area (Å²) < 4.78 is 16.8. The monoisotopic (exact) mass is 410 g/mol. The number of rotatable bonds is 8. The molecular weight excluding hydrogens is 384 g/mol. The zero-order valence-corrected chi connectivity index (χ0v) is 17.0. The minimum atomic E-state index is 0.111. The molecule has 0 spiro atoms. The number of ether oxygens (including phenoxy) is 3. The van der Waals surface area contributed by atoms with Gasteiger partial charge in [-0.25, -0.2) is 9.97 Å². The lowest BCUT2D eigenvalue weighted by molar-refractivity contribution is 0.143. The normalized spacial score (nSPS) is 18.8. The Balaban J connectivity index is 1.32. The number of benzene rings is 1. The molecule has 158 valence electrons. The minimum Gasteiger partial charge on any atom is -0.488 e. The summed E-state index contributed by atoms with van der Waals surface area (Å²) >= 11 is 0. The standard InChI is InChI=1S/C21H26N6O3/c1-28-10-11-29-19-6-7-25-21(27-19)26-15-2-4-16(5-3-15)30-18-13-14(22)12-17-20(18)24-9-8-23-17/h6-9,12-13,15-16H,2-5,10-11,22H2,1H3,(H,25,26,27). The van der Waals surface area contributed by atoms with Crippen LogP contribution >= 0.6 is 0 Å². The summed E-state index contributed by atoms with van der Waals surface area (Å²) in [6.45, 7) is 0.975. The SMILES string of the molecule is COCCOc1ccnc(NC2CCC(Oc3cc(N)cc4nccnc34)CC2)n1. The van der Waals surface area contributed by atoms with E-state index in [1.54, 1.807) is 31.8 Å². The first-order valence-corrected chi connectivity index (χ1v) is 10.1. The zero-order valence-electron chi connectivity index (χ0n) is 17.0. The number of nitrogens with zero attached hydrogens (tertiary/aromatic N) is 4. The van der Waals surface area contributed by atoms with Gasteiger partial charge in [-0.15, -0.1) is 0 Å². The van der Waals surface area contributed by atoms with Crippen LogP contribution in [0.5, 0.6) is 11.6 Å². The van der Waals surface area contributed by atoms with Crippen LogP contribution in [0.3, 0.4) is 0 Å². The van der Waals surface area contributed by atoms with Crippen LogP contribution in [0.1, 0.15) is 25.7 Å². The summed E-state index contributed by atoms with van der Waals surface area (Å²) in [6.07, 6.45) is 8.86. The van der Waals surface area contributed by atoms with E-state index >= 15 is 0 Å². The number of nitrogens with two attached hydrogens (primary N) is 1. The average molecular weight is 410 g/mol. The van der Waals surface area contributed by atoms with Gasteiger partial charge in [0.2, 0.25) is 11.8 Å². The zero-order chi connectivity index (χ0) is 20.8. The molecule has 1 aliphatic carbocycles. The number of methoxy groups -OCH3 is 1. The van der Waals surface area contributed by atoms with Crippen LogP contribution in [-0.2, 0) is 4.74 Å². The fourth-order valence-electron chi connectivity index (χ4n) is 3.56. The van der Waals surface area contributed by atoms with E-state index in [9.17, 15) is 0 Å². The van der Waals surface area contributed by atoms with Crippen molar-refractivity contribution in [1.82, 2.24) is 19.9 Å². The molecule has 0 atom stereocenters. The molecule has 2 heterocycles. The Morgan fingerprint density at radius 1 is 1.03 bits per heavy atom. The molecule has 4 rings (SSSR count). The summed E-state index contributed by atoms with van der Waals surface area (Å²) in [7, 11) is 1.64. The van der Waals surface area contributed by atoms with E-state index in [0.29, 0.717) is 36.5 Å². The molecule has 1 aliphatic rings. The molecule has 1 saturated carbocycles. The second-order valence-corrected chi connectivity index (χ2v) is 7.24. The van der Waals surface area contributed by atoms with Gasteiger partial charge in [0.05, 0.1) is 18.2 Å². The number of hydrogen-bond donors (Lipinski definition) is 2. The Morgan fingerprint density at radius 2 is 1.87 bits per heavy atom. The molecule has 0 unspecified atom stereocenters. The van der Waals surface area contributed by atoms with Gasteiger partial charge in [-0.3, -0.25) is 4.98 Å². The fraction of sp³-hybridized carbons (Fsp3) is 0.429. The van der Waals surface area contributed by atoms with Crippen molar-refractivity contribution in [3.63, 3.8) is 0 Å². The van der Waals surface area contributed by atoms with Gasteiger partial charge in [0.1, 0.15) is 17.9 Å². The van der Waals surface area contributed by atoms with E-state index < -0.39 is 0 Å². The van der Waals surface area contributed by atoms with Gasteiger partial charge in [-0.05, 0) is 31.7 Å². The van der Waals surface area contributed by atoms with Gasteiger partial charge in [-0.2, -0.15) is 4.98 Å². The highest BCUT2D eigenvalue weighted by Crippen LogP contribution is 2.30. The predicted molar refractivity (Wildman–Crippen MR) is 114 cm³/mol. The van der Waals surface area contributed by atoms with Gasteiger partial charge in [0.25, 0.3) is 0 Å². The highest BCUT2D eigenvalue weighted by atomic mass is 16.5. The number of fused-ring (bicyclic) bond motifs is 1. The minimum absolute atomic E-state index is 0.111. The predicted octanol–water partition coefficient (Wildman–Crippen LogP) is 2.83. The number of aromatic nitrogens is 4. The molecule has 0 radical (unpaired) electrons. The van der Waals surface area contributed by atoms with E-state index in [-0.39, 0.29) is 12.1 Å². The molecule has 2 aromatic heterocycles. The van der Waals surface area contributed by atoms with Crippen LogP contribution in [0.15, 0.2) is 36.8 Å². The maximum absolute atomic E-state index is 6.25. The largest absolute Gasteiger partial charge is 0.488 e. The van der Waals surface area contributed by atoms with Crippen molar-refractivity contribution in [2.45, 2.75) is 37.8 Å². The third kappa shape index (κ3) is 5.04. The second kappa shape index (κ2) is 9.53. The Labute approximate surface area is 175 Å². The van der Waals surface area contributed by atoms with E-state index in [0.717, 1.165) is 36.7 Å². The molecular formula is C21H26N6O3. The molecule has 30 heavy (non-hydrogen) atoms. The third-order valence-corrected chi connectivity index (χ3v) is 5.03. The van der Waals surface area contributed by atoms with E-state index in [1.807, 2.05) is 12.1 Å². The van der Waals surface area contributed by atoms with Gasteiger partial charge < -0.3 is 25.3 Å². The van der Waals surface area contributed by atoms with Crippen LogP contribution in [0.2, 0.25) is 0 Å². The topological polar surface area (TPSA) is 117 Å². The number of nitrogens with one attached hydrogen (secondary N) is 1. The summed E-state index contributed by atoms with van der Waals surface area (Å²) in [5.74, 6) is 1.81. The van der Waals surface area contributed by atoms with Crippen molar-refractivity contribution in [1.29, 1.82) is 0 Å².